The summed E-state index contributed by atoms with van der Waals surface area (Å²) in [6.07, 6.45) is 10.7. The molecular weight excluding hydrogens is 420 g/mol. The van der Waals surface area contributed by atoms with Gasteiger partial charge >= 0.3 is 18.0 Å². The van der Waals surface area contributed by atoms with E-state index in [0.717, 1.165) is 0 Å². The highest BCUT2D eigenvalue weighted by Gasteiger charge is 2.14. The number of hydrogen-bond donors (Lipinski definition) is 5. The molecule has 8 heteroatoms. The Morgan fingerprint density at radius 3 is 1.67 bits per heavy atom. The molecule has 0 bridgehead atoms. The molecule has 0 fully saturated rings. The van der Waals surface area contributed by atoms with Gasteiger partial charge in [0.05, 0.1) is 16.9 Å². The number of rotatable bonds is 5. The highest BCUT2D eigenvalue weighted by atomic mass is 16.4. The van der Waals surface area contributed by atoms with Crippen LogP contribution < -0.4 is 21.3 Å². The van der Waals surface area contributed by atoms with Crippen molar-refractivity contribution in [3.05, 3.63) is 83.4 Å². The zero-order valence-corrected chi connectivity index (χ0v) is 17.2. The van der Waals surface area contributed by atoms with E-state index in [2.05, 4.69) is 33.1 Å². The van der Waals surface area contributed by atoms with Crippen LogP contribution >= 0.6 is 0 Å². The number of carbonyl (C=O) groups is 3. The van der Waals surface area contributed by atoms with Gasteiger partial charge in [0.25, 0.3) is 0 Å². The Bertz CT molecular complexity index is 1320. The molecule has 0 saturated heterocycles. The molecule has 5 N–H and O–H groups in total. The van der Waals surface area contributed by atoms with Crippen LogP contribution in [0.4, 0.5) is 32.3 Å². The zero-order valence-electron chi connectivity index (χ0n) is 17.2. The highest BCUT2D eigenvalue weighted by molar-refractivity contribution is 6.07. The number of benzene rings is 3. The molecule has 0 saturated carbocycles. The van der Waals surface area contributed by atoms with Gasteiger partial charge in [-0.25, -0.2) is 14.4 Å². The Morgan fingerprint density at radius 1 is 0.667 bits per heavy atom. The molecular formula is C25H18N4O4. The van der Waals surface area contributed by atoms with Crippen LogP contribution in [0.3, 0.4) is 0 Å². The molecule has 0 radical (unpaired) electrons. The van der Waals surface area contributed by atoms with Crippen molar-refractivity contribution in [1.82, 2.24) is 0 Å². The first kappa shape index (κ1) is 22.5. The fourth-order valence-electron chi connectivity index (χ4n) is 2.83. The second-order valence-corrected chi connectivity index (χ2v) is 6.67. The second-order valence-electron chi connectivity index (χ2n) is 6.67. The van der Waals surface area contributed by atoms with Crippen LogP contribution in [0.1, 0.15) is 21.5 Å². The molecule has 0 aromatic heterocycles. The molecule has 33 heavy (non-hydrogen) atoms. The Morgan fingerprint density at radius 2 is 1.18 bits per heavy atom. The maximum Gasteiger partial charge on any atom is 0.335 e. The van der Waals surface area contributed by atoms with Gasteiger partial charge in [-0.1, -0.05) is 24.0 Å². The van der Waals surface area contributed by atoms with Crippen LogP contribution in [0, 0.1) is 24.7 Å². The maximum atomic E-state index is 12.5. The average Bonchev–Trinajstić information content (AvgIpc) is 2.80. The van der Waals surface area contributed by atoms with Gasteiger partial charge < -0.3 is 26.4 Å². The van der Waals surface area contributed by atoms with Crippen molar-refractivity contribution in [2.45, 2.75) is 0 Å². The maximum absolute atomic E-state index is 12.5. The first-order chi connectivity index (χ1) is 15.9. The summed E-state index contributed by atoms with van der Waals surface area (Å²) in [5.41, 5.74) is 2.25. The summed E-state index contributed by atoms with van der Waals surface area (Å²) in [6, 6.07) is 16.0. The van der Waals surface area contributed by atoms with E-state index < -0.39 is 18.0 Å². The molecule has 3 aromatic rings. The minimum absolute atomic E-state index is 0.0766. The van der Waals surface area contributed by atoms with Gasteiger partial charge in [-0.3, -0.25) is 0 Å². The smallest absolute Gasteiger partial charge is 0.335 e. The Labute approximate surface area is 190 Å². The quantitative estimate of drug-likeness (QED) is 0.373. The van der Waals surface area contributed by atoms with Crippen LogP contribution in [0.25, 0.3) is 0 Å². The molecule has 8 nitrogen and oxygen atoms in total. The lowest BCUT2D eigenvalue weighted by Gasteiger charge is -2.15. The summed E-state index contributed by atoms with van der Waals surface area (Å²) < 4.78 is 0. The monoisotopic (exact) mass is 438 g/mol. The van der Waals surface area contributed by atoms with Crippen LogP contribution in [0.15, 0.2) is 66.7 Å². The third-order valence-corrected chi connectivity index (χ3v) is 4.34. The van der Waals surface area contributed by atoms with Gasteiger partial charge in [-0.2, -0.15) is 0 Å². The van der Waals surface area contributed by atoms with Crippen molar-refractivity contribution in [3.63, 3.8) is 0 Å². The SMILES string of the molecule is C#Cc1cccc(NC(=O)Nc2ccc(C(=O)O)cc2NC(=O)Nc2cccc(C#C)c2)c1. The van der Waals surface area contributed by atoms with Crippen molar-refractivity contribution >= 4 is 40.8 Å². The van der Waals surface area contributed by atoms with Gasteiger partial charge in [0.15, 0.2) is 0 Å². The van der Waals surface area contributed by atoms with E-state index >= 15 is 0 Å². The summed E-state index contributed by atoms with van der Waals surface area (Å²) >= 11 is 0. The van der Waals surface area contributed by atoms with E-state index in [1.807, 2.05) is 0 Å². The third kappa shape index (κ3) is 6.14. The van der Waals surface area contributed by atoms with Crippen LogP contribution in [0.2, 0.25) is 0 Å². The summed E-state index contributed by atoms with van der Waals surface area (Å²) in [6.45, 7) is 0. The van der Waals surface area contributed by atoms with Gasteiger partial charge in [0, 0.05) is 22.5 Å². The van der Waals surface area contributed by atoms with E-state index in [0.29, 0.717) is 22.5 Å². The number of terminal acetylenes is 2. The molecule has 0 heterocycles. The molecule has 3 aromatic carbocycles. The minimum atomic E-state index is -1.19. The van der Waals surface area contributed by atoms with Gasteiger partial charge in [0.1, 0.15) is 0 Å². The van der Waals surface area contributed by atoms with Crippen molar-refractivity contribution in [2.75, 3.05) is 21.3 Å². The molecule has 0 unspecified atom stereocenters. The number of hydrogen-bond acceptors (Lipinski definition) is 3. The van der Waals surface area contributed by atoms with Gasteiger partial charge in [-0.15, -0.1) is 12.8 Å². The van der Waals surface area contributed by atoms with Crippen molar-refractivity contribution in [2.24, 2.45) is 0 Å². The van der Waals surface area contributed by atoms with E-state index in [1.54, 1.807) is 48.5 Å². The lowest BCUT2D eigenvalue weighted by molar-refractivity contribution is 0.0697. The number of amides is 4. The first-order valence-electron chi connectivity index (χ1n) is 9.54. The predicted molar refractivity (Wildman–Crippen MR) is 127 cm³/mol. The van der Waals surface area contributed by atoms with Crippen LogP contribution in [-0.2, 0) is 0 Å². The molecule has 0 aliphatic rings. The van der Waals surface area contributed by atoms with E-state index in [-0.39, 0.29) is 16.9 Å². The van der Waals surface area contributed by atoms with E-state index in [9.17, 15) is 19.5 Å². The van der Waals surface area contributed by atoms with Crippen LogP contribution in [-0.4, -0.2) is 23.1 Å². The van der Waals surface area contributed by atoms with Gasteiger partial charge in [0.2, 0.25) is 0 Å². The fourth-order valence-corrected chi connectivity index (χ4v) is 2.83. The minimum Gasteiger partial charge on any atom is -0.478 e. The molecule has 3 rings (SSSR count). The fraction of sp³-hybridized carbons (Fsp3) is 0. The zero-order chi connectivity index (χ0) is 23.8. The Balaban J connectivity index is 1.78. The number of carboxylic acid groups (broad SMARTS) is 1. The second kappa shape index (κ2) is 10.2. The molecule has 162 valence electrons. The van der Waals surface area contributed by atoms with Crippen molar-refractivity contribution < 1.29 is 19.5 Å². The van der Waals surface area contributed by atoms with E-state index in [4.69, 9.17) is 12.8 Å². The molecule has 4 amide bonds. The normalized spacial score (nSPS) is 9.64. The largest absolute Gasteiger partial charge is 0.478 e. The number of anilines is 4. The predicted octanol–water partition coefficient (Wildman–Crippen LogP) is 4.64. The highest BCUT2D eigenvalue weighted by Crippen LogP contribution is 2.24. The summed E-state index contributed by atoms with van der Waals surface area (Å²) in [5.74, 6) is 3.75. The summed E-state index contributed by atoms with van der Waals surface area (Å²) in [7, 11) is 0. The van der Waals surface area contributed by atoms with Gasteiger partial charge in [-0.05, 0) is 54.6 Å². The number of nitrogens with one attached hydrogen (secondary N) is 4. The third-order valence-electron chi connectivity index (χ3n) is 4.34. The average molecular weight is 438 g/mol. The summed E-state index contributed by atoms with van der Waals surface area (Å²) in [4.78, 5) is 36.3. The van der Waals surface area contributed by atoms with Crippen molar-refractivity contribution in [1.29, 1.82) is 0 Å². The lowest BCUT2D eigenvalue weighted by Crippen LogP contribution is -2.23. The molecule has 0 aliphatic heterocycles. The summed E-state index contributed by atoms with van der Waals surface area (Å²) in [5, 5.41) is 19.7. The van der Waals surface area contributed by atoms with E-state index in [1.165, 1.54) is 18.2 Å². The topological polar surface area (TPSA) is 120 Å². The molecule has 0 aliphatic carbocycles. The number of carboxylic acids is 1. The standard InChI is InChI=1S/C25H18N4O4/c1-3-16-7-5-9-19(13-16)26-24(32)28-21-12-11-18(23(30)31)15-22(21)29-25(33)27-20-10-6-8-17(4-2)14-20/h1-2,5-15H,(H,30,31)(H2,26,28,32)(H2,27,29,33). The lowest BCUT2D eigenvalue weighted by atomic mass is 10.1. The molecule has 0 spiro atoms. The first-order valence-corrected chi connectivity index (χ1v) is 9.54. The number of carbonyl (C=O) groups excluding carboxylic acids is 2. The number of aromatic carboxylic acids is 1. The Kier molecular flexibility index (Phi) is 6.95. The van der Waals surface area contributed by atoms with Crippen molar-refractivity contribution in [3.8, 4) is 24.7 Å². The van der Waals surface area contributed by atoms with Crippen LogP contribution in [0.5, 0.6) is 0 Å². The molecule has 0 atom stereocenters. The number of urea groups is 2. The Hall–Kier alpha value is -5.21.